The van der Waals surface area contributed by atoms with Gasteiger partial charge in [-0.2, -0.15) is 0 Å². The Kier molecular flexibility index (Phi) is 6.87. The average molecular weight is 474 g/mol. The lowest BCUT2D eigenvalue weighted by Crippen LogP contribution is -2.41. The van der Waals surface area contributed by atoms with Crippen LogP contribution in [0.3, 0.4) is 0 Å². The lowest BCUT2D eigenvalue weighted by molar-refractivity contribution is 0.00578. The Labute approximate surface area is 179 Å². The monoisotopic (exact) mass is 473 g/mol. The molecule has 0 atom stereocenters. The van der Waals surface area contributed by atoms with E-state index in [9.17, 15) is 13.6 Å². The number of ether oxygens (including phenoxy) is 1. The predicted molar refractivity (Wildman–Crippen MR) is 112 cm³/mol. The van der Waals surface area contributed by atoms with Crippen molar-refractivity contribution in [2.24, 2.45) is 0 Å². The number of hydrogen-bond donors (Lipinski definition) is 1. The van der Waals surface area contributed by atoms with E-state index >= 15 is 0 Å². The molecule has 2 rings (SSSR count). The molecule has 0 saturated carbocycles. The number of alkyl carbamates (subject to hydrolysis) is 1. The molecule has 1 aromatic carbocycles. The van der Waals surface area contributed by atoms with E-state index in [2.05, 4.69) is 21.2 Å². The van der Waals surface area contributed by atoms with Crippen LogP contribution in [0.5, 0.6) is 0 Å². The van der Waals surface area contributed by atoms with Gasteiger partial charge in [0, 0.05) is 12.1 Å². The molecule has 9 heteroatoms. The number of nitrogens with one attached hydrogen (secondary N) is 1. The second-order valence-electron chi connectivity index (χ2n) is 8.95. The highest BCUT2D eigenvalue weighted by Gasteiger charge is 2.52. The smallest absolute Gasteiger partial charge is 0.444 e. The van der Waals surface area contributed by atoms with E-state index in [-0.39, 0.29) is 16.6 Å². The summed E-state index contributed by atoms with van der Waals surface area (Å²) < 4.78 is 45.6. The lowest BCUT2D eigenvalue weighted by atomic mass is 9.77. The molecule has 160 valence electrons. The van der Waals surface area contributed by atoms with Gasteiger partial charge < -0.3 is 19.4 Å². The summed E-state index contributed by atoms with van der Waals surface area (Å²) in [7, 11) is -0.846. The first-order valence-corrected chi connectivity index (χ1v) is 10.1. The third kappa shape index (κ3) is 6.02. The van der Waals surface area contributed by atoms with Crippen molar-refractivity contribution in [3.63, 3.8) is 0 Å². The quantitative estimate of drug-likeness (QED) is 0.478. The van der Waals surface area contributed by atoms with E-state index < -0.39 is 41.6 Å². The van der Waals surface area contributed by atoms with Crippen molar-refractivity contribution in [3.8, 4) is 0 Å². The number of hydrogen-bond acceptors (Lipinski definition) is 4. The summed E-state index contributed by atoms with van der Waals surface area (Å²) in [5.74, 6) is -1.23. The minimum atomic E-state index is -0.846. The first-order chi connectivity index (χ1) is 13.1. The number of carbonyl (C=O) groups excluding carboxylic acids is 1. The summed E-state index contributed by atoms with van der Waals surface area (Å²) in [4.78, 5) is 12.1. The van der Waals surface area contributed by atoms with Gasteiger partial charge in [0.05, 0.1) is 15.7 Å². The molecule has 1 aliphatic rings. The Bertz CT molecular complexity index is 805. The second kappa shape index (κ2) is 8.36. The minimum Gasteiger partial charge on any atom is -0.444 e. The van der Waals surface area contributed by atoms with Crippen molar-refractivity contribution in [1.29, 1.82) is 0 Å². The minimum absolute atomic E-state index is 0.0152. The number of rotatable bonds is 4. The summed E-state index contributed by atoms with van der Waals surface area (Å²) in [5, 5.41) is 2.62. The Morgan fingerprint density at radius 1 is 1.17 bits per heavy atom. The van der Waals surface area contributed by atoms with Crippen LogP contribution in [0, 0.1) is 11.6 Å². The van der Waals surface area contributed by atoms with Crippen LogP contribution in [0.25, 0.3) is 6.08 Å². The molecule has 0 radical (unpaired) electrons. The maximum atomic E-state index is 14.4. The fourth-order valence-electron chi connectivity index (χ4n) is 2.53. The van der Waals surface area contributed by atoms with Gasteiger partial charge in [0.1, 0.15) is 17.2 Å². The van der Waals surface area contributed by atoms with Crippen molar-refractivity contribution >= 4 is 35.2 Å². The van der Waals surface area contributed by atoms with Crippen molar-refractivity contribution < 1.29 is 27.6 Å². The van der Waals surface area contributed by atoms with E-state index in [1.165, 1.54) is 6.08 Å². The van der Waals surface area contributed by atoms with Crippen LogP contribution in [-0.4, -0.2) is 36.6 Å². The van der Waals surface area contributed by atoms with Crippen LogP contribution in [0.15, 0.2) is 22.1 Å². The largest absolute Gasteiger partial charge is 0.492 e. The zero-order valence-corrected chi connectivity index (χ0v) is 19.4. The molecular weight excluding hydrogens is 447 g/mol. The van der Waals surface area contributed by atoms with Gasteiger partial charge in [-0.1, -0.05) is 6.08 Å². The third-order valence-electron chi connectivity index (χ3n) is 4.77. The second-order valence-corrected chi connectivity index (χ2v) is 9.81. The van der Waals surface area contributed by atoms with Gasteiger partial charge in [-0.3, -0.25) is 0 Å². The topological polar surface area (TPSA) is 56.8 Å². The van der Waals surface area contributed by atoms with Crippen LogP contribution in [0.4, 0.5) is 13.6 Å². The van der Waals surface area contributed by atoms with Gasteiger partial charge in [-0.05, 0) is 82.0 Å². The van der Waals surface area contributed by atoms with Crippen LogP contribution in [-0.2, 0) is 14.0 Å². The maximum absolute atomic E-state index is 14.4. The van der Waals surface area contributed by atoms with Gasteiger partial charge in [-0.15, -0.1) is 0 Å². The highest BCUT2D eigenvalue weighted by Crippen LogP contribution is 2.39. The lowest BCUT2D eigenvalue weighted by Gasteiger charge is -2.32. The van der Waals surface area contributed by atoms with Crippen molar-refractivity contribution in [3.05, 3.63) is 39.3 Å². The Morgan fingerprint density at radius 3 is 2.24 bits per heavy atom. The standard InChI is InChI=1S/C20H27BBrF2NO4/c1-18(2,3)27-17(26)25-11-13(21-28-19(4,5)20(6,7)29-21)8-12-9-16(24)14(22)10-15(12)23/h8-10H,11H2,1-7H3,(H,25,26). The maximum Gasteiger partial charge on any atom is 0.492 e. The average Bonchev–Trinajstić information content (AvgIpc) is 2.74. The van der Waals surface area contributed by atoms with Gasteiger partial charge in [0.2, 0.25) is 0 Å². The molecule has 29 heavy (non-hydrogen) atoms. The first kappa shape index (κ1) is 23.8. The van der Waals surface area contributed by atoms with Gasteiger partial charge in [0.15, 0.2) is 0 Å². The van der Waals surface area contributed by atoms with Crippen LogP contribution < -0.4 is 5.32 Å². The SMILES string of the molecule is CC(C)(C)OC(=O)NCC(=Cc1cc(F)c(Br)cc1F)B1OC(C)(C)C(C)(C)O1. The first-order valence-electron chi connectivity index (χ1n) is 9.29. The number of amides is 1. The fraction of sp³-hybridized carbons (Fsp3) is 0.550. The molecule has 1 saturated heterocycles. The van der Waals surface area contributed by atoms with Crippen molar-refractivity contribution in [2.75, 3.05) is 6.54 Å². The van der Waals surface area contributed by atoms with Crippen LogP contribution in [0.1, 0.15) is 54.0 Å². The van der Waals surface area contributed by atoms with Gasteiger partial charge in [-0.25, -0.2) is 13.6 Å². The van der Waals surface area contributed by atoms with E-state index in [0.29, 0.717) is 5.47 Å². The Morgan fingerprint density at radius 2 is 1.72 bits per heavy atom. The summed E-state index contributed by atoms with van der Waals surface area (Å²) >= 11 is 2.96. The van der Waals surface area contributed by atoms with E-state index in [1.54, 1.807) is 20.8 Å². The molecule has 1 fully saturated rings. The molecule has 1 amide bonds. The molecule has 1 N–H and O–H groups in total. The highest BCUT2D eigenvalue weighted by molar-refractivity contribution is 9.10. The van der Waals surface area contributed by atoms with E-state index in [0.717, 1.165) is 12.1 Å². The number of halogens is 3. The highest BCUT2D eigenvalue weighted by atomic mass is 79.9. The third-order valence-corrected chi connectivity index (χ3v) is 5.38. The predicted octanol–water partition coefficient (Wildman–Crippen LogP) is 5.27. The summed E-state index contributed by atoms with van der Waals surface area (Å²) in [6.45, 7) is 12.7. The molecule has 0 aliphatic carbocycles. The molecule has 5 nitrogen and oxygen atoms in total. The zero-order chi connectivity index (χ0) is 22.2. The van der Waals surface area contributed by atoms with Crippen LogP contribution in [0.2, 0.25) is 0 Å². The van der Waals surface area contributed by atoms with E-state index in [4.69, 9.17) is 14.0 Å². The fourth-order valence-corrected chi connectivity index (χ4v) is 2.85. The summed E-state index contributed by atoms with van der Waals surface area (Å²) in [6.07, 6.45) is 0.784. The summed E-state index contributed by atoms with van der Waals surface area (Å²) in [5.41, 5.74) is -1.49. The molecule has 0 aromatic heterocycles. The van der Waals surface area contributed by atoms with Crippen molar-refractivity contribution in [1.82, 2.24) is 5.32 Å². The van der Waals surface area contributed by atoms with Crippen molar-refractivity contribution in [2.45, 2.75) is 65.3 Å². The normalized spacial score (nSPS) is 18.7. The van der Waals surface area contributed by atoms with Gasteiger partial charge >= 0.3 is 13.2 Å². The number of carbonyl (C=O) groups is 1. The molecule has 0 unspecified atom stereocenters. The number of benzene rings is 1. The molecule has 0 bridgehead atoms. The molecular formula is C20H27BBrF2NO4. The zero-order valence-electron chi connectivity index (χ0n) is 17.8. The van der Waals surface area contributed by atoms with Crippen LogP contribution >= 0.6 is 15.9 Å². The molecule has 0 spiro atoms. The molecule has 1 heterocycles. The Balaban J connectivity index is 2.34. The van der Waals surface area contributed by atoms with E-state index in [1.807, 2.05) is 27.7 Å². The Hall–Kier alpha value is -1.45. The van der Waals surface area contributed by atoms with Gasteiger partial charge in [0.25, 0.3) is 0 Å². The molecule has 1 aliphatic heterocycles. The summed E-state index contributed by atoms with van der Waals surface area (Å²) in [6, 6.07) is 2.11. The molecule has 1 aromatic rings.